The Balaban J connectivity index is 2.05. The van der Waals surface area contributed by atoms with E-state index in [1.165, 1.54) is 0 Å². The number of benzene rings is 1. The first-order valence-corrected chi connectivity index (χ1v) is 7.78. The molecule has 118 valence electrons. The van der Waals surface area contributed by atoms with Crippen LogP contribution in [-0.4, -0.2) is 9.97 Å². The molecule has 0 aliphatic heterocycles. The minimum absolute atomic E-state index is 0.0951. The molecule has 0 atom stereocenters. The van der Waals surface area contributed by atoms with Crippen molar-refractivity contribution >= 4 is 0 Å². The normalized spacial score (nSPS) is 11.3. The van der Waals surface area contributed by atoms with E-state index in [1.54, 1.807) is 18.3 Å². The van der Waals surface area contributed by atoms with Crippen molar-refractivity contribution in [1.29, 1.82) is 10.5 Å². The largest absolute Gasteiger partial charge is 0.320 e. The van der Waals surface area contributed by atoms with Crippen molar-refractivity contribution in [3.8, 4) is 34.5 Å². The second-order valence-electron chi connectivity index (χ2n) is 6.02. The van der Waals surface area contributed by atoms with Gasteiger partial charge in [-0.15, -0.1) is 0 Å². The number of H-pyrrole nitrogens is 1. The molecule has 0 saturated carbocycles. The number of rotatable bonds is 1. The van der Waals surface area contributed by atoms with Crippen molar-refractivity contribution < 1.29 is 0 Å². The lowest BCUT2D eigenvalue weighted by atomic mass is 9.95. The monoisotopic (exact) mass is 324 g/mol. The van der Waals surface area contributed by atoms with E-state index in [4.69, 9.17) is 5.26 Å². The van der Waals surface area contributed by atoms with Crippen LogP contribution in [0, 0.1) is 29.6 Å². The van der Waals surface area contributed by atoms with Crippen molar-refractivity contribution in [2.75, 3.05) is 0 Å². The summed E-state index contributed by atoms with van der Waals surface area (Å²) in [7, 11) is 0. The van der Waals surface area contributed by atoms with Gasteiger partial charge in [0.2, 0.25) is 0 Å². The van der Waals surface area contributed by atoms with Crippen molar-refractivity contribution in [3.63, 3.8) is 0 Å². The Morgan fingerprint density at radius 2 is 2.00 bits per heavy atom. The van der Waals surface area contributed by atoms with E-state index >= 15 is 0 Å². The van der Waals surface area contributed by atoms with E-state index in [-0.39, 0.29) is 5.56 Å². The first-order chi connectivity index (χ1) is 12.1. The molecule has 0 unspecified atom stereocenters. The molecular weight excluding hydrogens is 312 g/mol. The SMILES string of the molecule is Cc1ccc(-c2c3c([nH]c(=O)c2C#N)-c2cc(C#N)ccc2C3)cn1. The third kappa shape index (κ3) is 2.22. The lowest BCUT2D eigenvalue weighted by Gasteiger charge is -2.10. The standard InChI is InChI=1S/C20H12N4O/c1-11-2-4-14(10-23-11)18-16-7-13-5-3-12(8-21)6-15(13)19(16)24-20(25)17(18)9-22/h2-6,10H,7H2,1H3,(H,24,25). The Hall–Kier alpha value is -3.70. The summed E-state index contributed by atoms with van der Waals surface area (Å²) in [5.41, 5.74) is 5.91. The van der Waals surface area contributed by atoms with Crippen LogP contribution in [0.3, 0.4) is 0 Å². The van der Waals surface area contributed by atoms with Crippen LogP contribution in [0.5, 0.6) is 0 Å². The molecule has 0 radical (unpaired) electrons. The van der Waals surface area contributed by atoms with Crippen molar-refractivity contribution in [2.45, 2.75) is 13.3 Å². The Labute approximate surface area is 143 Å². The number of aryl methyl sites for hydroxylation is 1. The molecule has 2 heterocycles. The predicted molar refractivity (Wildman–Crippen MR) is 92.7 cm³/mol. The van der Waals surface area contributed by atoms with Gasteiger partial charge < -0.3 is 4.98 Å². The Kier molecular flexibility index (Phi) is 3.23. The third-order valence-electron chi connectivity index (χ3n) is 4.51. The molecule has 0 fully saturated rings. The molecule has 1 aliphatic rings. The van der Waals surface area contributed by atoms with Gasteiger partial charge in [-0.1, -0.05) is 12.1 Å². The molecule has 1 aromatic carbocycles. The van der Waals surface area contributed by atoms with Gasteiger partial charge in [-0.3, -0.25) is 9.78 Å². The number of nitrogens with zero attached hydrogens (tertiary/aromatic N) is 3. The first kappa shape index (κ1) is 14.9. The van der Waals surface area contributed by atoms with Crippen molar-refractivity contribution in [1.82, 2.24) is 9.97 Å². The number of pyridine rings is 2. The summed E-state index contributed by atoms with van der Waals surface area (Å²) in [5, 5.41) is 18.7. The number of hydrogen-bond acceptors (Lipinski definition) is 4. The lowest BCUT2D eigenvalue weighted by Crippen LogP contribution is -2.14. The molecule has 0 saturated heterocycles. The van der Waals surface area contributed by atoms with E-state index in [0.29, 0.717) is 23.2 Å². The van der Waals surface area contributed by atoms with Gasteiger partial charge in [0.1, 0.15) is 11.6 Å². The minimum atomic E-state index is -0.424. The molecule has 4 rings (SSSR count). The molecule has 0 amide bonds. The number of aromatic nitrogens is 2. The Morgan fingerprint density at radius 3 is 2.68 bits per heavy atom. The van der Waals surface area contributed by atoms with E-state index in [9.17, 15) is 10.1 Å². The van der Waals surface area contributed by atoms with E-state index < -0.39 is 5.56 Å². The van der Waals surface area contributed by atoms with Gasteiger partial charge in [-0.05, 0) is 36.2 Å². The molecule has 3 aromatic rings. The van der Waals surface area contributed by atoms with Crippen LogP contribution >= 0.6 is 0 Å². The van der Waals surface area contributed by atoms with Crippen molar-refractivity contribution in [2.24, 2.45) is 0 Å². The van der Waals surface area contributed by atoms with Gasteiger partial charge in [-0.2, -0.15) is 10.5 Å². The predicted octanol–water partition coefficient (Wildman–Crippen LogP) is 3.06. The average Bonchev–Trinajstić information content (AvgIpc) is 2.98. The van der Waals surface area contributed by atoms with Crippen LogP contribution in [-0.2, 0) is 6.42 Å². The zero-order valence-electron chi connectivity index (χ0n) is 13.4. The molecule has 5 heteroatoms. The number of aromatic amines is 1. The highest BCUT2D eigenvalue weighted by Crippen LogP contribution is 2.40. The zero-order chi connectivity index (χ0) is 17.6. The summed E-state index contributed by atoms with van der Waals surface area (Å²) in [6.45, 7) is 1.89. The van der Waals surface area contributed by atoms with Crippen LogP contribution in [0.2, 0.25) is 0 Å². The highest BCUT2D eigenvalue weighted by Gasteiger charge is 2.27. The molecule has 25 heavy (non-hydrogen) atoms. The zero-order valence-corrected chi connectivity index (χ0v) is 13.4. The van der Waals surface area contributed by atoms with E-state index in [0.717, 1.165) is 27.9 Å². The highest BCUT2D eigenvalue weighted by atomic mass is 16.1. The van der Waals surface area contributed by atoms with Crippen LogP contribution in [0.4, 0.5) is 0 Å². The molecule has 5 nitrogen and oxygen atoms in total. The van der Waals surface area contributed by atoms with Gasteiger partial charge in [0.05, 0.1) is 17.3 Å². The smallest absolute Gasteiger partial charge is 0.266 e. The molecule has 2 aromatic heterocycles. The molecule has 1 N–H and O–H groups in total. The quantitative estimate of drug-likeness (QED) is 0.582. The summed E-state index contributed by atoms with van der Waals surface area (Å²) in [5.74, 6) is 0. The summed E-state index contributed by atoms with van der Waals surface area (Å²) < 4.78 is 0. The summed E-state index contributed by atoms with van der Waals surface area (Å²) in [4.78, 5) is 19.6. The van der Waals surface area contributed by atoms with E-state index in [2.05, 4.69) is 16.0 Å². The Bertz CT molecular complexity index is 1160. The fourth-order valence-corrected chi connectivity index (χ4v) is 3.31. The van der Waals surface area contributed by atoms with Crippen LogP contribution in [0.25, 0.3) is 22.4 Å². The third-order valence-corrected chi connectivity index (χ3v) is 4.51. The van der Waals surface area contributed by atoms with E-state index in [1.807, 2.05) is 31.2 Å². The number of nitriles is 2. The van der Waals surface area contributed by atoms with Crippen LogP contribution in [0.15, 0.2) is 41.3 Å². The number of hydrogen-bond donors (Lipinski definition) is 1. The molecule has 0 spiro atoms. The maximum Gasteiger partial charge on any atom is 0.266 e. The topological polar surface area (TPSA) is 93.3 Å². The van der Waals surface area contributed by atoms with Gasteiger partial charge in [0.25, 0.3) is 5.56 Å². The Morgan fingerprint density at radius 1 is 1.16 bits per heavy atom. The average molecular weight is 324 g/mol. The first-order valence-electron chi connectivity index (χ1n) is 7.78. The summed E-state index contributed by atoms with van der Waals surface area (Å²) in [6.07, 6.45) is 2.29. The highest BCUT2D eigenvalue weighted by molar-refractivity contribution is 5.85. The van der Waals surface area contributed by atoms with Gasteiger partial charge in [0.15, 0.2) is 0 Å². The molecule has 0 bridgehead atoms. The fourth-order valence-electron chi connectivity index (χ4n) is 3.31. The number of fused-ring (bicyclic) bond motifs is 3. The van der Waals surface area contributed by atoms with Gasteiger partial charge >= 0.3 is 0 Å². The maximum absolute atomic E-state index is 12.5. The second-order valence-corrected chi connectivity index (χ2v) is 6.02. The maximum atomic E-state index is 12.5. The van der Waals surface area contributed by atoms with Crippen LogP contribution < -0.4 is 5.56 Å². The van der Waals surface area contributed by atoms with Gasteiger partial charge in [-0.25, -0.2) is 0 Å². The van der Waals surface area contributed by atoms with Crippen LogP contribution in [0.1, 0.15) is 27.9 Å². The fraction of sp³-hybridized carbons (Fsp3) is 0.100. The summed E-state index contributed by atoms with van der Waals surface area (Å²) in [6, 6.07) is 13.3. The molecule has 1 aliphatic carbocycles. The number of nitrogens with one attached hydrogen (secondary N) is 1. The molecular formula is C20H12N4O. The lowest BCUT2D eigenvalue weighted by molar-refractivity contribution is 1.16. The minimum Gasteiger partial charge on any atom is -0.320 e. The summed E-state index contributed by atoms with van der Waals surface area (Å²) >= 11 is 0. The van der Waals surface area contributed by atoms with Crippen molar-refractivity contribution in [3.05, 3.63) is 74.8 Å². The van der Waals surface area contributed by atoms with Gasteiger partial charge in [0, 0.05) is 35.0 Å². The second kappa shape index (κ2) is 5.43.